The number of nitrogen functional groups attached to an aromatic ring is 1. The topological polar surface area (TPSA) is 58.7 Å². The number of rotatable bonds is 7. The molecule has 0 amide bonds. The van der Waals surface area contributed by atoms with E-state index in [0.29, 0.717) is 19.2 Å². The average molecular weight is 292 g/mol. The second kappa shape index (κ2) is 8.25. The van der Waals surface area contributed by atoms with Gasteiger partial charge in [0.1, 0.15) is 5.75 Å². The van der Waals surface area contributed by atoms with Gasteiger partial charge in [-0.15, -0.1) is 0 Å². The van der Waals surface area contributed by atoms with Crippen molar-refractivity contribution >= 4 is 5.69 Å². The molecule has 2 rings (SSSR count). The van der Waals surface area contributed by atoms with E-state index >= 15 is 0 Å². The van der Waals surface area contributed by atoms with E-state index in [2.05, 4.69) is 4.90 Å². The number of aliphatic hydroxyl groups is 1. The van der Waals surface area contributed by atoms with Crippen LogP contribution in [0.4, 0.5) is 5.69 Å². The first-order valence-electron chi connectivity index (χ1n) is 8.10. The lowest BCUT2D eigenvalue weighted by atomic mass is 9.93. The van der Waals surface area contributed by atoms with Gasteiger partial charge in [-0.1, -0.05) is 19.3 Å². The maximum absolute atomic E-state index is 9.37. The molecule has 0 heterocycles. The first-order valence-corrected chi connectivity index (χ1v) is 8.10. The third-order valence-corrected chi connectivity index (χ3v) is 4.24. The highest BCUT2D eigenvalue weighted by Crippen LogP contribution is 2.28. The molecule has 0 radical (unpaired) electrons. The Hall–Kier alpha value is -1.26. The van der Waals surface area contributed by atoms with Crippen molar-refractivity contribution in [2.75, 3.05) is 25.5 Å². The second-order valence-electron chi connectivity index (χ2n) is 5.79. The molecule has 0 aliphatic heterocycles. The fraction of sp³-hybridized carbons (Fsp3) is 0.647. The zero-order chi connectivity index (χ0) is 15.1. The van der Waals surface area contributed by atoms with E-state index in [4.69, 9.17) is 10.5 Å². The summed E-state index contributed by atoms with van der Waals surface area (Å²) >= 11 is 0. The predicted octanol–water partition coefficient (Wildman–Crippen LogP) is 2.79. The molecule has 0 unspecified atom stereocenters. The summed E-state index contributed by atoms with van der Waals surface area (Å²) in [5.74, 6) is 0.908. The van der Waals surface area contributed by atoms with Gasteiger partial charge in [-0.3, -0.25) is 4.90 Å². The molecule has 4 heteroatoms. The molecule has 0 aromatic heterocycles. The number of nitrogens with two attached hydrogens (primary N) is 1. The fourth-order valence-electron chi connectivity index (χ4n) is 3.20. The highest BCUT2D eigenvalue weighted by Gasteiger charge is 2.22. The lowest BCUT2D eigenvalue weighted by molar-refractivity contribution is 0.116. The molecule has 1 fully saturated rings. The number of ether oxygens (including phenoxy) is 1. The van der Waals surface area contributed by atoms with Crippen LogP contribution in [0.3, 0.4) is 0 Å². The average Bonchev–Trinajstić information content (AvgIpc) is 2.50. The van der Waals surface area contributed by atoms with E-state index in [0.717, 1.165) is 23.5 Å². The molecule has 1 aromatic rings. The van der Waals surface area contributed by atoms with Crippen LogP contribution in [-0.4, -0.2) is 35.8 Å². The van der Waals surface area contributed by atoms with Crippen molar-refractivity contribution in [1.82, 2.24) is 4.90 Å². The lowest BCUT2D eigenvalue weighted by Crippen LogP contribution is -2.38. The third kappa shape index (κ3) is 4.61. The molecule has 21 heavy (non-hydrogen) atoms. The summed E-state index contributed by atoms with van der Waals surface area (Å²) < 4.78 is 5.71. The van der Waals surface area contributed by atoms with Crippen LogP contribution in [-0.2, 0) is 6.54 Å². The minimum Gasteiger partial charge on any atom is -0.494 e. The van der Waals surface area contributed by atoms with Crippen LogP contribution in [0.2, 0.25) is 0 Å². The smallest absolute Gasteiger partial charge is 0.123 e. The SMILES string of the molecule is CCOc1ccc(N)cc1CN(CCO)C1CCCCC1. The van der Waals surface area contributed by atoms with Crippen LogP contribution < -0.4 is 10.5 Å². The van der Waals surface area contributed by atoms with Crippen LogP contribution >= 0.6 is 0 Å². The molecule has 3 N–H and O–H groups in total. The zero-order valence-corrected chi connectivity index (χ0v) is 13.1. The van der Waals surface area contributed by atoms with E-state index in [1.54, 1.807) is 0 Å². The summed E-state index contributed by atoms with van der Waals surface area (Å²) in [4.78, 5) is 2.39. The first kappa shape index (κ1) is 16.1. The first-order chi connectivity index (χ1) is 10.2. The highest BCUT2D eigenvalue weighted by molar-refractivity contribution is 5.47. The van der Waals surface area contributed by atoms with Gasteiger partial charge in [0.2, 0.25) is 0 Å². The van der Waals surface area contributed by atoms with E-state index in [1.807, 2.05) is 25.1 Å². The van der Waals surface area contributed by atoms with Crippen molar-refractivity contribution in [3.63, 3.8) is 0 Å². The largest absolute Gasteiger partial charge is 0.494 e. The Balaban J connectivity index is 2.13. The Bertz CT molecular complexity index is 431. The van der Waals surface area contributed by atoms with Crippen LogP contribution in [0, 0.1) is 0 Å². The third-order valence-electron chi connectivity index (χ3n) is 4.24. The van der Waals surface area contributed by atoms with Crippen molar-refractivity contribution in [2.45, 2.75) is 51.6 Å². The fourth-order valence-corrected chi connectivity index (χ4v) is 3.20. The molecule has 0 bridgehead atoms. The van der Waals surface area contributed by atoms with Gasteiger partial charge in [0, 0.05) is 30.4 Å². The van der Waals surface area contributed by atoms with Gasteiger partial charge in [0.15, 0.2) is 0 Å². The Kier molecular flexibility index (Phi) is 6.33. The summed E-state index contributed by atoms with van der Waals surface area (Å²) in [6.45, 7) is 4.35. The van der Waals surface area contributed by atoms with Gasteiger partial charge in [-0.05, 0) is 38.0 Å². The molecular formula is C17H28N2O2. The van der Waals surface area contributed by atoms with Gasteiger partial charge in [-0.2, -0.15) is 0 Å². The van der Waals surface area contributed by atoms with E-state index in [1.165, 1.54) is 32.1 Å². The lowest BCUT2D eigenvalue weighted by Gasteiger charge is -2.34. The van der Waals surface area contributed by atoms with Gasteiger partial charge in [0.25, 0.3) is 0 Å². The number of anilines is 1. The Labute approximate surface area is 127 Å². The normalized spacial score (nSPS) is 16.3. The van der Waals surface area contributed by atoms with Crippen LogP contribution in [0.1, 0.15) is 44.6 Å². The summed E-state index contributed by atoms with van der Waals surface area (Å²) in [6.07, 6.45) is 6.38. The van der Waals surface area contributed by atoms with Crippen molar-refractivity contribution < 1.29 is 9.84 Å². The molecule has 1 saturated carbocycles. The van der Waals surface area contributed by atoms with E-state index < -0.39 is 0 Å². The molecular weight excluding hydrogens is 264 g/mol. The van der Waals surface area contributed by atoms with Gasteiger partial charge in [0.05, 0.1) is 13.2 Å². The van der Waals surface area contributed by atoms with Crippen LogP contribution in [0.5, 0.6) is 5.75 Å². The number of hydrogen-bond acceptors (Lipinski definition) is 4. The molecule has 1 aromatic carbocycles. The quantitative estimate of drug-likeness (QED) is 0.759. The maximum atomic E-state index is 9.37. The molecule has 4 nitrogen and oxygen atoms in total. The van der Waals surface area contributed by atoms with Crippen molar-refractivity contribution in [3.8, 4) is 5.75 Å². The van der Waals surface area contributed by atoms with Gasteiger partial charge < -0.3 is 15.6 Å². The number of hydrogen-bond donors (Lipinski definition) is 2. The minimum atomic E-state index is 0.197. The van der Waals surface area contributed by atoms with Crippen molar-refractivity contribution in [3.05, 3.63) is 23.8 Å². The van der Waals surface area contributed by atoms with Crippen LogP contribution in [0.25, 0.3) is 0 Å². The second-order valence-corrected chi connectivity index (χ2v) is 5.79. The minimum absolute atomic E-state index is 0.197. The molecule has 0 atom stereocenters. The summed E-state index contributed by atoms with van der Waals surface area (Å²) in [7, 11) is 0. The summed E-state index contributed by atoms with van der Waals surface area (Å²) in [5.41, 5.74) is 7.81. The number of nitrogens with zero attached hydrogens (tertiary/aromatic N) is 1. The monoisotopic (exact) mass is 292 g/mol. The van der Waals surface area contributed by atoms with E-state index in [9.17, 15) is 5.11 Å². The van der Waals surface area contributed by atoms with E-state index in [-0.39, 0.29) is 6.61 Å². The number of benzene rings is 1. The Morgan fingerprint density at radius 2 is 2.05 bits per heavy atom. The van der Waals surface area contributed by atoms with Gasteiger partial charge in [-0.25, -0.2) is 0 Å². The molecule has 0 spiro atoms. The molecule has 0 saturated heterocycles. The molecule has 118 valence electrons. The Morgan fingerprint density at radius 1 is 1.29 bits per heavy atom. The van der Waals surface area contributed by atoms with Gasteiger partial charge >= 0.3 is 0 Å². The van der Waals surface area contributed by atoms with Crippen molar-refractivity contribution in [1.29, 1.82) is 0 Å². The molecule has 1 aliphatic rings. The predicted molar refractivity (Wildman–Crippen MR) is 86.4 cm³/mol. The maximum Gasteiger partial charge on any atom is 0.123 e. The van der Waals surface area contributed by atoms with Crippen molar-refractivity contribution in [2.24, 2.45) is 0 Å². The summed E-state index contributed by atoms with van der Waals surface area (Å²) in [5, 5.41) is 9.37. The Morgan fingerprint density at radius 3 is 2.71 bits per heavy atom. The molecule has 1 aliphatic carbocycles. The zero-order valence-electron chi connectivity index (χ0n) is 13.1. The number of aliphatic hydroxyl groups excluding tert-OH is 1. The standard InChI is InChI=1S/C17H28N2O2/c1-2-21-17-9-8-15(18)12-14(17)13-19(10-11-20)16-6-4-3-5-7-16/h8-9,12,16,20H,2-7,10-11,13,18H2,1H3. The highest BCUT2D eigenvalue weighted by atomic mass is 16.5. The summed E-state index contributed by atoms with van der Waals surface area (Å²) in [6, 6.07) is 6.40. The van der Waals surface area contributed by atoms with Crippen LogP contribution in [0.15, 0.2) is 18.2 Å².